The van der Waals surface area contributed by atoms with Gasteiger partial charge in [-0.15, -0.1) is 0 Å². The fourth-order valence-electron chi connectivity index (χ4n) is 3.10. The van der Waals surface area contributed by atoms with Gasteiger partial charge in [0, 0.05) is 0 Å². The highest BCUT2D eigenvalue weighted by Gasteiger charge is 2.45. The Bertz CT molecular complexity index is 708. The highest BCUT2D eigenvalue weighted by molar-refractivity contribution is 6.00. The summed E-state index contributed by atoms with van der Waals surface area (Å²) in [7, 11) is 0. The maximum atomic E-state index is 13.2. The van der Waals surface area contributed by atoms with Crippen LogP contribution in [0.15, 0.2) is 48.5 Å². The second-order valence-electron chi connectivity index (χ2n) is 6.24. The number of rotatable bonds is 6. The van der Waals surface area contributed by atoms with Gasteiger partial charge in [0.25, 0.3) is 0 Å². The summed E-state index contributed by atoms with van der Waals surface area (Å²) < 4.78 is 18.9. The zero-order chi connectivity index (χ0) is 17.0. The SMILES string of the molecule is CCCOc1ccccc1NC(=O)C1(c2ccc(F)cc2)CCC1. The number of hydrogen-bond donors (Lipinski definition) is 1. The highest BCUT2D eigenvalue weighted by Crippen LogP contribution is 2.45. The van der Waals surface area contributed by atoms with Gasteiger partial charge < -0.3 is 10.1 Å². The fourth-order valence-corrected chi connectivity index (χ4v) is 3.10. The smallest absolute Gasteiger partial charge is 0.235 e. The number of benzene rings is 2. The van der Waals surface area contributed by atoms with Crippen molar-refractivity contribution in [2.45, 2.75) is 38.0 Å². The van der Waals surface area contributed by atoms with E-state index in [1.807, 2.05) is 31.2 Å². The summed E-state index contributed by atoms with van der Waals surface area (Å²) in [6, 6.07) is 13.7. The Morgan fingerprint density at radius 1 is 1.17 bits per heavy atom. The molecule has 4 heteroatoms. The number of ether oxygens (including phenoxy) is 1. The van der Waals surface area contributed by atoms with Gasteiger partial charge in [0.1, 0.15) is 11.6 Å². The van der Waals surface area contributed by atoms with E-state index in [1.165, 1.54) is 12.1 Å². The standard InChI is InChI=1S/C20H22FNO2/c1-2-14-24-18-7-4-3-6-17(18)22-19(23)20(12-5-13-20)15-8-10-16(21)11-9-15/h3-4,6-11H,2,5,12-14H2,1H3,(H,22,23). The lowest BCUT2D eigenvalue weighted by Crippen LogP contribution is -2.46. The summed E-state index contributed by atoms with van der Waals surface area (Å²) in [5.41, 5.74) is 0.995. The van der Waals surface area contributed by atoms with Crippen LogP contribution in [0.2, 0.25) is 0 Å². The van der Waals surface area contributed by atoms with Crippen molar-refractivity contribution in [1.29, 1.82) is 0 Å². The van der Waals surface area contributed by atoms with Gasteiger partial charge in [-0.2, -0.15) is 0 Å². The molecule has 0 heterocycles. The molecule has 0 aliphatic heterocycles. The van der Waals surface area contributed by atoms with E-state index in [0.717, 1.165) is 31.2 Å². The first kappa shape index (κ1) is 16.5. The van der Waals surface area contributed by atoms with Crippen molar-refractivity contribution in [3.05, 3.63) is 59.9 Å². The average molecular weight is 327 g/mol. The van der Waals surface area contributed by atoms with Crippen LogP contribution in [0.1, 0.15) is 38.2 Å². The summed E-state index contributed by atoms with van der Waals surface area (Å²) >= 11 is 0. The normalized spacial score (nSPS) is 15.4. The number of carbonyl (C=O) groups excluding carboxylic acids is 1. The highest BCUT2D eigenvalue weighted by atomic mass is 19.1. The fraction of sp³-hybridized carbons (Fsp3) is 0.350. The Balaban J connectivity index is 1.82. The molecular weight excluding hydrogens is 305 g/mol. The zero-order valence-corrected chi connectivity index (χ0v) is 13.8. The summed E-state index contributed by atoms with van der Waals surface area (Å²) in [4.78, 5) is 13.0. The Labute approximate surface area is 141 Å². The molecule has 3 nitrogen and oxygen atoms in total. The van der Waals surface area contributed by atoms with Crippen LogP contribution >= 0.6 is 0 Å². The van der Waals surface area contributed by atoms with Crippen molar-refractivity contribution in [3.8, 4) is 5.75 Å². The van der Waals surface area contributed by atoms with Crippen LogP contribution < -0.4 is 10.1 Å². The molecule has 1 amide bonds. The van der Waals surface area contributed by atoms with Gasteiger partial charge in [-0.05, 0) is 49.1 Å². The molecule has 3 rings (SSSR count). The predicted molar refractivity (Wildman–Crippen MR) is 92.8 cm³/mol. The molecule has 1 aliphatic rings. The first-order valence-electron chi connectivity index (χ1n) is 8.45. The third-order valence-electron chi connectivity index (χ3n) is 4.64. The molecule has 0 atom stereocenters. The molecule has 1 aliphatic carbocycles. The Hall–Kier alpha value is -2.36. The van der Waals surface area contributed by atoms with E-state index in [0.29, 0.717) is 18.0 Å². The van der Waals surface area contributed by atoms with E-state index in [-0.39, 0.29) is 11.7 Å². The van der Waals surface area contributed by atoms with Crippen LogP contribution in [0.5, 0.6) is 5.75 Å². The lowest BCUT2D eigenvalue weighted by atomic mass is 9.64. The van der Waals surface area contributed by atoms with Gasteiger partial charge in [0.2, 0.25) is 5.91 Å². The van der Waals surface area contributed by atoms with Crippen LogP contribution in [0.3, 0.4) is 0 Å². The molecule has 0 aromatic heterocycles. The molecule has 24 heavy (non-hydrogen) atoms. The third kappa shape index (κ3) is 3.14. The van der Waals surface area contributed by atoms with E-state index in [9.17, 15) is 9.18 Å². The van der Waals surface area contributed by atoms with Crippen LogP contribution in [0, 0.1) is 5.82 Å². The molecule has 0 saturated heterocycles. The maximum absolute atomic E-state index is 13.2. The molecular formula is C20H22FNO2. The topological polar surface area (TPSA) is 38.3 Å². The van der Waals surface area contributed by atoms with Crippen LogP contribution in [-0.4, -0.2) is 12.5 Å². The molecule has 0 spiro atoms. The van der Waals surface area contributed by atoms with Crippen molar-refractivity contribution in [3.63, 3.8) is 0 Å². The van der Waals surface area contributed by atoms with E-state index in [2.05, 4.69) is 5.32 Å². The molecule has 1 saturated carbocycles. The third-order valence-corrected chi connectivity index (χ3v) is 4.64. The average Bonchev–Trinajstić information content (AvgIpc) is 2.55. The Morgan fingerprint density at radius 2 is 1.88 bits per heavy atom. The summed E-state index contributed by atoms with van der Waals surface area (Å²) in [6.45, 7) is 2.65. The molecule has 1 N–H and O–H groups in total. The minimum Gasteiger partial charge on any atom is -0.491 e. The van der Waals surface area contributed by atoms with E-state index >= 15 is 0 Å². The lowest BCUT2D eigenvalue weighted by molar-refractivity contribution is -0.124. The number of anilines is 1. The summed E-state index contributed by atoms with van der Waals surface area (Å²) in [5, 5.41) is 3.02. The molecule has 0 bridgehead atoms. The first-order chi connectivity index (χ1) is 11.7. The van der Waals surface area contributed by atoms with Gasteiger partial charge >= 0.3 is 0 Å². The number of carbonyl (C=O) groups is 1. The second kappa shape index (κ2) is 7.04. The van der Waals surface area contributed by atoms with Crippen molar-refractivity contribution in [2.75, 3.05) is 11.9 Å². The zero-order valence-electron chi connectivity index (χ0n) is 13.8. The van der Waals surface area contributed by atoms with Crippen LogP contribution in [0.25, 0.3) is 0 Å². The molecule has 2 aromatic rings. The van der Waals surface area contributed by atoms with Gasteiger partial charge in [0.15, 0.2) is 0 Å². The minimum absolute atomic E-state index is 0.0482. The predicted octanol–water partition coefficient (Wildman–Crippen LogP) is 4.67. The Kier molecular flexibility index (Phi) is 4.84. The first-order valence-corrected chi connectivity index (χ1v) is 8.45. The van der Waals surface area contributed by atoms with Crippen LogP contribution in [0.4, 0.5) is 10.1 Å². The van der Waals surface area contributed by atoms with E-state index in [4.69, 9.17) is 4.74 Å². The molecule has 0 radical (unpaired) electrons. The number of nitrogens with one attached hydrogen (secondary N) is 1. The largest absolute Gasteiger partial charge is 0.491 e. The van der Waals surface area contributed by atoms with Gasteiger partial charge in [-0.25, -0.2) is 4.39 Å². The number of hydrogen-bond acceptors (Lipinski definition) is 2. The van der Waals surface area contributed by atoms with Crippen molar-refractivity contribution < 1.29 is 13.9 Å². The van der Waals surface area contributed by atoms with Gasteiger partial charge in [-0.3, -0.25) is 4.79 Å². The van der Waals surface area contributed by atoms with E-state index in [1.54, 1.807) is 12.1 Å². The quantitative estimate of drug-likeness (QED) is 0.837. The van der Waals surface area contributed by atoms with Crippen molar-refractivity contribution >= 4 is 11.6 Å². The number of amides is 1. The monoisotopic (exact) mass is 327 g/mol. The lowest BCUT2D eigenvalue weighted by Gasteiger charge is -2.40. The number of para-hydroxylation sites is 2. The second-order valence-corrected chi connectivity index (χ2v) is 6.24. The molecule has 126 valence electrons. The summed E-state index contributed by atoms with van der Waals surface area (Å²) in [5.74, 6) is 0.348. The molecule has 1 fully saturated rings. The minimum atomic E-state index is -0.564. The summed E-state index contributed by atoms with van der Waals surface area (Å²) in [6.07, 6.45) is 3.46. The molecule has 0 unspecified atom stereocenters. The Morgan fingerprint density at radius 3 is 2.50 bits per heavy atom. The molecule has 2 aromatic carbocycles. The van der Waals surface area contributed by atoms with Gasteiger partial charge in [-0.1, -0.05) is 37.6 Å². The van der Waals surface area contributed by atoms with Crippen molar-refractivity contribution in [1.82, 2.24) is 0 Å². The van der Waals surface area contributed by atoms with Crippen molar-refractivity contribution in [2.24, 2.45) is 0 Å². The van der Waals surface area contributed by atoms with Crippen LogP contribution in [-0.2, 0) is 10.2 Å². The van der Waals surface area contributed by atoms with Gasteiger partial charge in [0.05, 0.1) is 17.7 Å². The van der Waals surface area contributed by atoms with E-state index < -0.39 is 5.41 Å². The maximum Gasteiger partial charge on any atom is 0.235 e. The number of halogens is 1.